The van der Waals surface area contributed by atoms with Gasteiger partial charge in [-0.1, -0.05) is 12.1 Å². The number of hydrogen-bond acceptors (Lipinski definition) is 5. The van der Waals surface area contributed by atoms with Crippen LogP contribution in [-0.2, 0) is 11.3 Å². The first kappa shape index (κ1) is 15.4. The Morgan fingerprint density at radius 2 is 2.04 bits per heavy atom. The highest BCUT2D eigenvalue weighted by Crippen LogP contribution is 2.20. The SMILES string of the molecule is O=C(Cn1c(=O)oc2ccc([N+](=O)[O-])cc21)Nc1ccccc1F. The lowest BCUT2D eigenvalue weighted by Gasteiger charge is -2.06. The average molecular weight is 331 g/mol. The largest absolute Gasteiger partial charge is 0.420 e. The number of amides is 1. The van der Waals surface area contributed by atoms with Crippen LogP contribution < -0.4 is 11.1 Å². The number of rotatable bonds is 4. The number of carbonyl (C=O) groups excluding carboxylic acids is 1. The molecule has 3 aromatic rings. The fraction of sp³-hybridized carbons (Fsp3) is 0.0667. The maximum Gasteiger partial charge on any atom is 0.420 e. The summed E-state index contributed by atoms with van der Waals surface area (Å²) in [6.45, 7) is -0.471. The van der Waals surface area contributed by atoms with E-state index in [1.165, 1.54) is 30.3 Å². The first-order chi connectivity index (χ1) is 11.5. The van der Waals surface area contributed by atoms with E-state index in [1.807, 2.05) is 0 Å². The number of oxazole rings is 1. The number of nitrogens with one attached hydrogen (secondary N) is 1. The highest BCUT2D eigenvalue weighted by Gasteiger charge is 2.17. The molecular weight excluding hydrogens is 321 g/mol. The number of para-hydroxylation sites is 1. The lowest BCUT2D eigenvalue weighted by molar-refractivity contribution is -0.384. The number of benzene rings is 2. The maximum absolute atomic E-state index is 13.5. The molecule has 1 amide bonds. The number of anilines is 1. The smallest absolute Gasteiger partial charge is 0.408 e. The van der Waals surface area contributed by atoms with Crippen molar-refractivity contribution in [3.05, 3.63) is 68.9 Å². The Kier molecular flexibility index (Phi) is 3.82. The number of non-ortho nitro benzene ring substituents is 1. The van der Waals surface area contributed by atoms with E-state index in [4.69, 9.17) is 4.42 Å². The molecule has 8 nitrogen and oxygen atoms in total. The van der Waals surface area contributed by atoms with Gasteiger partial charge in [0.2, 0.25) is 5.91 Å². The summed E-state index contributed by atoms with van der Waals surface area (Å²) in [6, 6.07) is 9.16. The number of aromatic nitrogens is 1. The number of nitrogens with zero attached hydrogens (tertiary/aromatic N) is 2. The van der Waals surface area contributed by atoms with Crippen molar-refractivity contribution in [2.24, 2.45) is 0 Å². The first-order valence-corrected chi connectivity index (χ1v) is 6.78. The predicted molar refractivity (Wildman–Crippen MR) is 82.2 cm³/mol. The van der Waals surface area contributed by atoms with Crippen LogP contribution in [0.1, 0.15) is 0 Å². The molecule has 0 bridgehead atoms. The van der Waals surface area contributed by atoms with Crippen LogP contribution in [0, 0.1) is 15.9 Å². The van der Waals surface area contributed by atoms with Gasteiger partial charge < -0.3 is 9.73 Å². The molecule has 0 aliphatic rings. The minimum atomic E-state index is -0.839. The van der Waals surface area contributed by atoms with Crippen molar-refractivity contribution in [2.75, 3.05) is 5.32 Å². The van der Waals surface area contributed by atoms with Crippen LogP contribution in [0.15, 0.2) is 51.7 Å². The minimum absolute atomic E-state index is 0.0330. The maximum atomic E-state index is 13.5. The molecule has 0 spiro atoms. The van der Waals surface area contributed by atoms with E-state index in [-0.39, 0.29) is 22.5 Å². The molecule has 1 N–H and O–H groups in total. The quantitative estimate of drug-likeness (QED) is 0.583. The molecule has 9 heteroatoms. The van der Waals surface area contributed by atoms with Crippen molar-refractivity contribution in [3.8, 4) is 0 Å². The molecule has 1 aromatic heterocycles. The van der Waals surface area contributed by atoms with Gasteiger partial charge in [-0.25, -0.2) is 9.18 Å². The molecule has 1 heterocycles. The fourth-order valence-electron chi connectivity index (χ4n) is 2.21. The Morgan fingerprint density at radius 3 is 2.75 bits per heavy atom. The van der Waals surface area contributed by atoms with E-state index in [0.717, 1.165) is 10.6 Å². The lowest BCUT2D eigenvalue weighted by Crippen LogP contribution is -2.25. The summed E-state index contributed by atoms with van der Waals surface area (Å²) in [6.07, 6.45) is 0. The molecule has 0 aliphatic carbocycles. The highest BCUT2D eigenvalue weighted by atomic mass is 19.1. The van der Waals surface area contributed by atoms with E-state index in [1.54, 1.807) is 6.07 Å². The number of nitro benzene ring substituents is 1. The molecule has 0 saturated heterocycles. The Bertz CT molecular complexity index is 1010. The molecular formula is C15H10FN3O5. The van der Waals surface area contributed by atoms with Gasteiger partial charge >= 0.3 is 5.76 Å². The van der Waals surface area contributed by atoms with E-state index in [2.05, 4.69) is 5.32 Å². The molecule has 2 aromatic carbocycles. The Hall–Kier alpha value is -3.49. The molecule has 0 aliphatic heterocycles. The zero-order valence-corrected chi connectivity index (χ0v) is 12.1. The van der Waals surface area contributed by atoms with Crippen molar-refractivity contribution in [2.45, 2.75) is 6.54 Å². The number of carbonyl (C=O) groups is 1. The average Bonchev–Trinajstić information content (AvgIpc) is 2.85. The molecule has 0 atom stereocenters. The van der Waals surface area contributed by atoms with Crippen LogP contribution in [0.4, 0.5) is 15.8 Å². The van der Waals surface area contributed by atoms with Gasteiger partial charge in [-0.3, -0.25) is 19.5 Å². The van der Waals surface area contributed by atoms with Crippen molar-refractivity contribution in [1.29, 1.82) is 0 Å². The third kappa shape index (κ3) is 2.86. The molecule has 24 heavy (non-hydrogen) atoms. The van der Waals surface area contributed by atoms with E-state index in [9.17, 15) is 24.1 Å². The summed E-state index contributed by atoms with van der Waals surface area (Å²) in [4.78, 5) is 34.1. The van der Waals surface area contributed by atoms with Crippen molar-refractivity contribution in [1.82, 2.24) is 4.57 Å². The Balaban J connectivity index is 1.92. The number of hydrogen-bond donors (Lipinski definition) is 1. The zero-order valence-electron chi connectivity index (χ0n) is 12.1. The van der Waals surface area contributed by atoms with Gasteiger partial charge in [0.05, 0.1) is 16.1 Å². The van der Waals surface area contributed by atoms with E-state index < -0.39 is 28.9 Å². The molecule has 0 fully saturated rings. The van der Waals surface area contributed by atoms with Crippen LogP contribution in [0.5, 0.6) is 0 Å². The lowest BCUT2D eigenvalue weighted by atomic mass is 10.3. The van der Waals surface area contributed by atoms with Gasteiger partial charge in [-0.05, 0) is 18.2 Å². The van der Waals surface area contributed by atoms with Gasteiger partial charge in [-0.2, -0.15) is 0 Å². The van der Waals surface area contributed by atoms with Crippen LogP contribution >= 0.6 is 0 Å². The highest BCUT2D eigenvalue weighted by molar-refractivity contribution is 5.91. The predicted octanol–water partition coefficient (Wildman–Crippen LogP) is 2.28. The number of halogens is 1. The summed E-state index contributed by atoms with van der Waals surface area (Å²) in [5.41, 5.74) is -0.0527. The normalized spacial score (nSPS) is 10.7. The van der Waals surface area contributed by atoms with Crippen LogP contribution in [0.3, 0.4) is 0 Å². The second-order valence-electron chi connectivity index (χ2n) is 4.89. The minimum Gasteiger partial charge on any atom is -0.408 e. The Morgan fingerprint density at radius 1 is 1.29 bits per heavy atom. The van der Waals surface area contributed by atoms with Crippen molar-refractivity contribution >= 4 is 28.4 Å². The second-order valence-corrected chi connectivity index (χ2v) is 4.89. The third-order valence-corrected chi connectivity index (χ3v) is 3.31. The standard InChI is InChI=1S/C15H10FN3O5/c16-10-3-1-2-4-11(10)17-14(20)8-18-12-7-9(19(22)23)5-6-13(12)24-15(18)21/h1-7H,8H2,(H,17,20). The zero-order chi connectivity index (χ0) is 17.3. The molecule has 0 radical (unpaired) electrons. The number of fused-ring (bicyclic) bond motifs is 1. The molecule has 0 unspecified atom stereocenters. The first-order valence-electron chi connectivity index (χ1n) is 6.78. The molecule has 3 rings (SSSR count). The summed E-state index contributed by atoms with van der Waals surface area (Å²) in [7, 11) is 0. The molecule has 122 valence electrons. The van der Waals surface area contributed by atoms with Crippen LogP contribution in [0.25, 0.3) is 11.1 Å². The van der Waals surface area contributed by atoms with Crippen molar-refractivity contribution in [3.63, 3.8) is 0 Å². The fourth-order valence-corrected chi connectivity index (χ4v) is 2.21. The summed E-state index contributed by atoms with van der Waals surface area (Å²) in [5.74, 6) is -2.13. The van der Waals surface area contributed by atoms with Gasteiger partial charge in [0.1, 0.15) is 12.4 Å². The summed E-state index contributed by atoms with van der Waals surface area (Å²) in [5, 5.41) is 13.2. The van der Waals surface area contributed by atoms with E-state index in [0.29, 0.717) is 0 Å². The van der Waals surface area contributed by atoms with Gasteiger partial charge in [-0.15, -0.1) is 0 Å². The van der Waals surface area contributed by atoms with Crippen LogP contribution in [0.2, 0.25) is 0 Å². The monoisotopic (exact) mass is 331 g/mol. The third-order valence-electron chi connectivity index (χ3n) is 3.31. The summed E-state index contributed by atoms with van der Waals surface area (Å²) >= 11 is 0. The van der Waals surface area contributed by atoms with Gasteiger partial charge in [0.15, 0.2) is 5.58 Å². The molecule has 0 saturated carbocycles. The topological polar surface area (TPSA) is 107 Å². The van der Waals surface area contributed by atoms with Crippen molar-refractivity contribution < 1.29 is 18.5 Å². The second kappa shape index (κ2) is 5.95. The van der Waals surface area contributed by atoms with Crippen LogP contribution in [-0.4, -0.2) is 15.4 Å². The number of nitro groups is 1. The summed E-state index contributed by atoms with van der Waals surface area (Å²) < 4.78 is 19.4. The Labute approximate surface area is 133 Å². The van der Waals surface area contributed by atoms with Gasteiger partial charge in [0.25, 0.3) is 5.69 Å². The van der Waals surface area contributed by atoms with E-state index >= 15 is 0 Å². The van der Waals surface area contributed by atoms with Gasteiger partial charge in [0, 0.05) is 12.1 Å².